The summed E-state index contributed by atoms with van der Waals surface area (Å²) >= 11 is 0. The third kappa shape index (κ3) is 4.25. The van der Waals surface area contributed by atoms with Crippen LogP contribution in [0.15, 0.2) is 24.3 Å². The van der Waals surface area contributed by atoms with Crippen LogP contribution >= 0.6 is 0 Å². The molecule has 5 heteroatoms. The molecule has 0 spiro atoms. The molecule has 1 aromatic rings. The van der Waals surface area contributed by atoms with Crippen LogP contribution in [0.5, 0.6) is 5.75 Å². The van der Waals surface area contributed by atoms with Gasteiger partial charge in [0, 0.05) is 0 Å². The van der Waals surface area contributed by atoms with Crippen LogP contribution in [0.4, 0.5) is 0 Å². The van der Waals surface area contributed by atoms with Crippen molar-refractivity contribution in [3.05, 3.63) is 29.8 Å². The molecule has 1 aromatic carbocycles. The van der Waals surface area contributed by atoms with Gasteiger partial charge in [0.25, 0.3) is 0 Å². The molecule has 0 fully saturated rings. The summed E-state index contributed by atoms with van der Waals surface area (Å²) in [7, 11) is -3.11. The van der Waals surface area contributed by atoms with Gasteiger partial charge in [0.05, 0.1) is 22.7 Å². The molecule has 0 aliphatic carbocycles. The lowest BCUT2D eigenvalue weighted by atomic mass is 10.2. The Hall–Kier alpha value is -1.54. The lowest BCUT2D eigenvalue weighted by molar-refractivity contribution is 0.316. The monoisotopic (exact) mass is 281 g/mol. The van der Waals surface area contributed by atoms with Crippen molar-refractivity contribution in [2.24, 2.45) is 0 Å². The Morgan fingerprint density at radius 2 is 1.89 bits per heavy atom. The third-order valence-electron chi connectivity index (χ3n) is 2.76. The van der Waals surface area contributed by atoms with E-state index >= 15 is 0 Å². The first-order valence-electron chi connectivity index (χ1n) is 6.12. The normalized spacial score (nSPS) is 11.9. The van der Waals surface area contributed by atoms with E-state index in [0.29, 0.717) is 17.7 Å². The second kappa shape index (κ2) is 6.07. The largest absolute Gasteiger partial charge is 0.492 e. The zero-order valence-electron chi connectivity index (χ0n) is 11.5. The Labute approximate surface area is 114 Å². The van der Waals surface area contributed by atoms with Crippen molar-refractivity contribution in [1.82, 2.24) is 0 Å². The van der Waals surface area contributed by atoms with Crippen LogP contribution in [0.1, 0.15) is 32.8 Å². The first kappa shape index (κ1) is 15.5. The zero-order chi connectivity index (χ0) is 14.5. The standard InChI is InChI=1S/C14H19NO3S/c1-14(2,3)19(16,17)10-6-9-18-13-8-5-4-7-12(13)11-15/h4-5,7-8H,6,9-10H2,1-3H3. The van der Waals surface area contributed by atoms with Gasteiger partial charge in [-0.1, -0.05) is 12.1 Å². The molecule has 19 heavy (non-hydrogen) atoms. The second-order valence-corrected chi connectivity index (χ2v) is 8.10. The van der Waals surface area contributed by atoms with Gasteiger partial charge in [0.15, 0.2) is 9.84 Å². The molecule has 0 heterocycles. The van der Waals surface area contributed by atoms with Crippen LogP contribution in [-0.2, 0) is 9.84 Å². The zero-order valence-corrected chi connectivity index (χ0v) is 12.3. The topological polar surface area (TPSA) is 67.2 Å². The first-order chi connectivity index (χ1) is 8.78. The van der Waals surface area contributed by atoms with E-state index < -0.39 is 14.6 Å². The van der Waals surface area contributed by atoms with Gasteiger partial charge in [-0.25, -0.2) is 8.42 Å². The molecule has 0 atom stereocenters. The quantitative estimate of drug-likeness (QED) is 0.778. The fraction of sp³-hybridized carbons (Fsp3) is 0.500. The highest BCUT2D eigenvalue weighted by Gasteiger charge is 2.28. The number of benzene rings is 1. The van der Waals surface area contributed by atoms with E-state index in [4.69, 9.17) is 10.00 Å². The Balaban J connectivity index is 2.51. The molecule has 0 saturated carbocycles. The molecule has 104 valence electrons. The lowest BCUT2D eigenvalue weighted by Gasteiger charge is -2.19. The Morgan fingerprint density at radius 3 is 2.47 bits per heavy atom. The molecule has 0 aromatic heterocycles. The smallest absolute Gasteiger partial charge is 0.155 e. The maximum atomic E-state index is 11.9. The molecular weight excluding hydrogens is 262 g/mol. The van der Waals surface area contributed by atoms with Gasteiger partial charge < -0.3 is 4.74 Å². The summed E-state index contributed by atoms with van der Waals surface area (Å²) in [6, 6.07) is 8.95. The summed E-state index contributed by atoms with van der Waals surface area (Å²) in [6.07, 6.45) is 0.416. The summed E-state index contributed by atoms with van der Waals surface area (Å²) in [5, 5.41) is 8.89. The van der Waals surface area contributed by atoms with Gasteiger partial charge in [-0.05, 0) is 39.3 Å². The molecule has 0 aliphatic heterocycles. The van der Waals surface area contributed by atoms with Crippen molar-refractivity contribution in [3.63, 3.8) is 0 Å². The van der Waals surface area contributed by atoms with Crippen molar-refractivity contribution in [2.75, 3.05) is 12.4 Å². The highest BCUT2D eigenvalue weighted by atomic mass is 32.2. The molecular formula is C14H19NO3S. The van der Waals surface area contributed by atoms with Crippen molar-refractivity contribution in [3.8, 4) is 11.8 Å². The summed E-state index contributed by atoms with van der Waals surface area (Å²) in [6.45, 7) is 5.35. The number of hydrogen-bond acceptors (Lipinski definition) is 4. The third-order valence-corrected chi connectivity index (χ3v) is 5.45. The van der Waals surface area contributed by atoms with E-state index in [-0.39, 0.29) is 12.4 Å². The number of para-hydroxylation sites is 1. The van der Waals surface area contributed by atoms with E-state index in [1.54, 1.807) is 45.0 Å². The number of hydrogen-bond donors (Lipinski definition) is 0. The molecule has 0 aliphatic rings. The molecule has 0 amide bonds. The Morgan fingerprint density at radius 1 is 1.26 bits per heavy atom. The minimum absolute atomic E-state index is 0.0885. The van der Waals surface area contributed by atoms with E-state index in [9.17, 15) is 8.42 Å². The minimum atomic E-state index is -3.11. The van der Waals surface area contributed by atoms with Crippen LogP contribution in [0.3, 0.4) is 0 Å². The predicted octanol–water partition coefficient (Wildman–Crippen LogP) is 2.54. The molecule has 4 nitrogen and oxygen atoms in total. The van der Waals surface area contributed by atoms with E-state index in [1.165, 1.54) is 0 Å². The fourth-order valence-corrected chi connectivity index (χ4v) is 2.53. The van der Waals surface area contributed by atoms with Crippen LogP contribution < -0.4 is 4.74 Å². The highest BCUT2D eigenvalue weighted by molar-refractivity contribution is 7.92. The summed E-state index contributed by atoms with van der Waals surface area (Å²) in [4.78, 5) is 0. The van der Waals surface area contributed by atoms with Gasteiger partial charge in [-0.3, -0.25) is 0 Å². The molecule has 0 unspecified atom stereocenters. The second-order valence-electron chi connectivity index (χ2n) is 5.24. The molecule has 0 N–H and O–H groups in total. The van der Waals surface area contributed by atoms with Crippen LogP contribution in [0, 0.1) is 11.3 Å². The minimum Gasteiger partial charge on any atom is -0.492 e. The Kier molecular flexibility index (Phi) is 4.96. The number of ether oxygens (including phenoxy) is 1. The first-order valence-corrected chi connectivity index (χ1v) is 7.77. The number of sulfone groups is 1. The van der Waals surface area contributed by atoms with Crippen molar-refractivity contribution in [1.29, 1.82) is 5.26 Å². The summed E-state index contributed by atoms with van der Waals surface area (Å²) in [5.74, 6) is 0.587. The van der Waals surface area contributed by atoms with Gasteiger partial charge >= 0.3 is 0 Å². The molecule has 0 saturated heterocycles. The van der Waals surface area contributed by atoms with Crippen LogP contribution in [0.25, 0.3) is 0 Å². The highest BCUT2D eigenvalue weighted by Crippen LogP contribution is 2.19. The summed E-state index contributed by atoms with van der Waals surface area (Å²) < 4.78 is 28.5. The number of nitrogens with zero attached hydrogens (tertiary/aromatic N) is 1. The van der Waals surface area contributed by atoms with Gasteiger partial charge in [-0.15, -0.1) is 0 Å². The molecule has 0 radical (unpaired) electrons. The van der Waals surface area contributed by atoms with Gasteiger partial charge in [-0.2, -0.15) is 5.26 Å². The van der Waals surface area contributed by atoms with Crippen molar-refractivity contribution in [2.45, 2.75) is 31.9 Å². The van der Waals surface area contributed by atoms with E-state index in [1.807, 2.05) is 6.07 Å². The van der Waals surface area contributed by atoms with Gasteiger partial charge in [0.1, 0.15) is 11.8 Å². The lowest BCUT2D eigenvalue weighted by Crippen LogP contribution is -2.30. The van der Waals surface area contributed by atoms with E-state index in [2.05, 4.69) is 0 Å². The number of rotatable bonds is 5. The van der Waals surface area contributed by atoms with Crippen LogP contribution in [0.2, 0.25) is 0 Å². The maximum Gasteiger partial charge on any atom is 0.155 e. The Bertz CT molecular complexity index is 565. The fourth-order valence-electron chi connectivity index (χ4n) is 1.42. The molecule has 0 bridgehead atoms. The van der Waals surface area contributed by atoms with Crippen molar-refractivity contribution >= 4 is 9.84 Å². The van der Waals surface area contributed by atoms with Crippen LogP contribution in [-0.4, -0.2) is 25.5 Å². The van der Waals surface area contributed by atoms with Gasteiger partial charge in [0.2, 0.25) is 0 Å². The number of nitriles is 1. The van der Waals surface area contributed by atoms with Crippen molar-refractivity contribution < 1.29 is 13.2 Å². The maximum absolute atomic E-state index is 11.9. The average Bonchev–Trinajstić information content (AvgIpc) is 2.33. The average molecular weight is 281 g/mol. The predicted molar refractivity (Wildman–Crippen MR) is 74.8 cm³/mol. The summed E-state index contributed by atoms with van der Waals surface area (Å²) in [5.41, 5.74) is 0.459. The SMILES string of the molecule is CC(C)(C)S(=O)(=O)CCCOc1ccccc1C#N. The van der Waals surface area contributed by atoms with E-state index in [0.717, 1.165) is 0 Å². The molecule has 1 rings (SSSR count).